The Bertz CT molecular complexity index is 505. The summed E-state index contributed by atoms with van der Waals surface area (Å²) in [5.74, 6) is 0. The maximum absolute atomic E-state index is 12.0. The van der Waals surface area contributed by atoms with Crippen molar-refractivity contribution in [1.82, 2.24) is 4.72 Å². The predicted octanol–water partition coefficient (Wildman–Crippen LogP) is 1.63. The zero-order valence-electron chi connectivity index (χ0n) is 10.3. The Hall–Kier alpha value is -0.820. The van der Waals surface area contributed by atoms with Crippen molar-refractivity contribution in [3.63, 3.8) is 0 Å². The highest BCUT2D eigenvalue weighted by molar-refractivity contribution is 7.89. The van der Waals surface area contributed by atoms with E-state index >= 15 is 0 Å². The first kappa shape index (κ1) is 15.2. The van der Waals surface area contributed by atoms with Crippen LogP contribution in [0, 0.1) is 0 Å². The first-order valence-corrected chi connectivity index (χ1v) is 7.39. The van der Waals surface area contributed by atoms with Crippen LogP contribution in [0.3, 0.4) is 0 Å². The monoisotopic (exact) mass is 292 g/mol. The summed E-state index contributed by atoms with van der Waals surface area (Å²) in [7, 11) is -3.67. The zero-order chi connectivity index (χ0) is 13.8. The summed E-state index contributed by atoms with van der Waals surface area (Å²) in [5, 5.41) is 0.322. The Morgan fingerprint density at radius 1 is 1.50 bits per heavy atom. The molecular weight excluding hydrogens is 276 g/mol. The fourth-order valence-electron chi connectivity index (χ4n) is 1.39. The lowest BCUT2D eigenvalue weighted by Gasteiger charge is -2.14. The number of rotatable bonds is 6. The van der Waals surface area contributed by atoms with Crippen molar-refractivity contribution in [2.75, 3.05) is 18.9 Å². The number of nitrogens with one attached hydrogen (secondary N) is 1. The van der Waals surface area contributed by atoms with E-state index in [0.717, 1.165) is 0 Å². The number of sulfonamides is 1. The molecule has 1 unspecified atom stereocenters. The van der Waals surface area contributed by atoms with Gasteiger partial charge in [0.15, 0.2) is 0 Å². The van der Waals surface area contributed by atoms with Crippen molar-refractivity contribution < 1.29 is 13.2 Å². The van der Waals surface area contributed by atoms with E-state index in [9.17, 15) is 8.42 Å². The van der Waals surface area contributed by atoms with Crippen LogP contribution in [0.2, 0.25) is 5.02 Å². The van der Waals surface area contributed by atoms with Crippen molar-refractivity contribution in [3.05, 3.63) is 23.2 Å². The summed E-state index contributed by atoms with van der Waals surface area (Å²) < 4.78 is 31.7. The van der Waals surface area contributed by atoms with Crippen molar-refractivity contribution in [3.8, 4) is 0 Å². The third-order valence-corrected chi connectivity index (χ3v) is 3.99. The Morgan fingerprint density at radius 3 is 2.78 bits per heavy atom. The second-order valence-corrected chi connectivity index (χ2v) is 5.97. The Balaban J connectivity index is 2.83. The van der Waals surface area contributed by atoms with Gasteiger partial charge in [0.05, 0.1) is 11.8 Å². The Kier molecular flexibility index (Phi) is 5.40. The van der Waals surface area contributed by atoms with Crippen LogP contribution < -0.4 is 10.5 Å². The predicted molar refractivity (Wildman–Crippen MR) is 72.1 cm³/mol. The van der Waals surface area contributed by atoms with Crippen LogP contribution in [0.4, 0.5) is 5.69 Å². The highest BCUT2D eigenvalue weighted by Gasteiger charge is 2.18. The molecule has 1 atom stereocenters. The molecule has 3 N–H and O–H groups in total. The molecule has 0 aliphatic carbocycles. The SMILES string of the molecule is CCOC(C)CNS(=O)(=O)c1cc(Cl)ccc1N. The van der Waals surface area contributed by atoms with Gasteiger partial charge in [-0.2, -0.15) is 0 Å². The topological polar surface area (TPSA) is 81.4 Å². The maximum atomic E-state index is 12.0. The molecule has 0 bridgehead atoms. The van der Waals surface area contributed by atoms with Crippen molar-refractivity contribution in [2.24, 2.45) is 0 Å². The first-order chi connectivity index (χ1) is 8.36. The fraction of sp³-hybridized carbons (Fsp3) is 0.455. The summed E-state index contributed by atoms with van der Waals surface area (Å²) in [6.07, 6.45) is -0.204. The van der Waals surface area contributed by atoms with Gasteiger partial charge in [-0.1, -0.05) is 11.6 Å². The summed E-state index contributed by atoms with van der Waals surface area (Å²) >= 11 is 5.76. The van der Waals surface area contributed by atoms with Gasteiger partial charge in [-0.25, -0.2) is 13.1 Å². The summed E-state index contributed by atoms with van der Waals surface area (Å²) in [5.41, 5.74) is 5.79. The maximum Gasteiger partial charge on any atom is 0.242 e. The van der Waals surface area contributed by atoms with Gasteiger partial charge in [-0.15, -0.1) is 0 Å². The molecule has 0 saturated carbocycles. The molecule has 0 aliphatic rings. The molecule has 0 aliphatic heterocycles. The van der Waals surface area contributed by atoms with E-state index in [1.165, 1.54) is 12.1 Å². The van der Waals surface area contributed by atoms with E-state index < -0.39 is 10.0 Å². The van der Waals surface area contributed by atoms with Crippen LogP contribution in [-0.4, -0.2) is 27.7 Å². The van der Waals surface area contributed by atoms with Gasteiger partial charge < -0.3 is 10.5 Å². The van der Waals surface area contributed by atoms with Crippen LogP contribution in [0.15, 0.2) is 23.1 Å². The second kappa shape index (κ2) is 6.38. The average Bonchev–Trinajstić information content (AvgIpc) is 2.30. The lowest BCUT2D eigenvalue weighted by Crippen LogP contribution is -2.32. The van der Waals surface area contributed by atoms with Gasteiger partial charge in [0.2, 0.25) is 10.0 Å². The minimum absolute atomic E-state index is 0.0151. The number of hydrogen-bond donors (Lipinski definition) is 2. The van der Waals surface area contributed by atoms with Gasteiger partial charge in [0, 0.05) is 18.2 Å². The van der Waals surface area contributed by atoms with E-state index in [-0.39, 0.29) is 23.2 Å². The Morgan fingerprint density at radius 2 is 2.17 bits per heavy atom. The van der Waals surface area contributed by atoms with E-state index in [1.54, 1.807) is 13.0 Å². The third-order valence-electron chi connectivity index (χ3n) is 2.28. The van der Waals surface area contributed by atoms with E-state index in [4.69, 9.17) is 22.1 Å². The molecule has 1 aromatic rings. The number of nitrogen functional groups attached to an aromatic ring is 1. The third kappa shape index (κ3) is 4.13. The molecule has 7 heteroatoms. The van der Waals surface area contributed by atoms with Gasteiger partial charge in [0.1, 0.15) is 4.90 Å². The number of anilines is 1. The number of benzene rings is 1. The molecule has 0 aromatic heterocycles. The number of ether oxygens (including phenoxy) is 1. The average molecular weight is 293 g/mol. The molecule has 0 fully saturated rings. The van der Waals surface area contributed by atoms with Crippen LogP contribution in [-0.2, 0) is 14.8 Å². The summed E-state index contributed by atoms with van der Waals surface area (Å²) in [6, 6.07) is 4.33. The lowest BCUT2D eigenvalue weighted by atomic mass is 10.3. The second-order valence-electron chi connectivity index (χ2n) is 3.80. The Labute approximate surface area is 112 Å². The van der Waals surface area contributed by atoms with Crippen molar-refractivity contribution in [2.45, 2.75) is 24.8 Å². The largest absolute Gasteiger partial charge is 0.398 e. The molecule has 102 valence electrons. The molecule has 0 saturated heterocycles. The number of nitrogens with two attached hydrogens (primary N) is 1. The minimum Gasteiger partial charge on any atom is -0.398 e. The molecule has 0 amide bonds. The van der Waals surface area contributed by atoms with E-state index in [0.29, 0.717) is 11.6 Å². The number of halogens is 1. The molecule has 1 aromatic carbocycles. The van der Waals surface area contributed by atoms with Gasteiger partial charge in [-0.3, -0.25) is 0 Å². The smallest absolute Gasteiger partial charge is 0.242 e. The van der Waals surface area contributed by atoms with Crippen LogP contribution in [0.25, 0.3) is 0 Å². The van der Waals surface area contributed by atoms with Gasteiger partial charge in [0.25, 0.3) is 0 Å². The highest BCUT2D eigenvalue weighted by Crippen LogP contribution is 2.22. The molecule has 0 heterocycles. The fourth-order valence-corrected chi connectivity index (χ4v) is 2.90. The molecule has 1 rings (SSSR count). The van der Waals surface area contributed by atoms with Crippen LogP contribution in [0.5, 0.6) is 0 Å². The lowest BCUT2D eigenvalue weighted by molar-refractivity contribution is 0.0799. The zero-order valence-corrected chi connectivity index (χ0v) is 11.9. The summed E-state index contributed by atoms with van der Waals surface area (Å²) in [6.45, 7) is 4.34. The minimum atomic E-state index is -3.67. The van der Waals surface area contributed by atoms with E-state index in [1.807, 2.05) is 6.92 Å². The first-order valence-electron chi connectivity index (χ1n) is 5.53. The number of hydrogen-bond acceptors (Lipinski definition) is 4. The van der Waals surface area contributed by atoms with Crippen LogP contribution >= 0.6 is 11.6 Å². The van der Waals surface area contributed by atoms with Crippen molar-refractivity contribution >= 4 is 27.3 Å². The summed E-state index contributed by atoms with van der Waals surface area (Å²) in [4.78, 5) is -0.0151. The molecule has 0 spiro atoms. The van der Waals surface area contributed by atoms with Gasteiger partial charge in [-0.05, 0) is 32.0 Å². The normalized spacial score (nSPS) is 13.5. The molecular formula is C11H17ClN2O3S. The standard InChI is InChI=1S/C11H17ClN2O3S/c1-3-17-8(2)7-14-18(15,16)11-6-9(12)4-5-10(11)13/h4-6,8,14H,3,7,13H2,1-2H3. The van der Waals surface area contributed by atoms with Crippen LogP contribution in [0.1, 0.15) is 13.8 Å². The van der Waals surface area contributed by atoms with Gasteiger partial charge >= 0.3 is 0 Å². The molecule has 5 nitrogen and oxygen atoms in total. The quantitative estimate of drug-likeness (QED) is 0.781. The molecule has 18 heavy (non-hydrogen) atoms. The van der Waals surface area contributed by atoms with Crippen molar-refractivity contribution in [1.29, 1.82) is 0 Å². The molecule has 0 radical (unpaired) electrons. The highest BCUT2D eigenvalue weighted by atomic mass is 35.5. The van der Waals surface area contributed by atoms with E-state index in [2.05, 4.69) is 4.72 Å².